The fraction of sp³-hybridized carbons (Fsp3) is 0.867. The first-order valence-electron chi connectivity index (χ1n) is 7.94. The Morgan fingerprint density at radius 3 is 2.62 bits per heavy atom. The Bertz CT molecular complexity index is 362. The zero-order valence-corrected chi connectivity index (χ0v) is 13.4. The summed E-state index contributed by atoms with van der Waals surface area (Å²) in [6.45, 7) is 9.35. The van der Waals surface area contributed by atoms with Gasteiger partial charge < -0.3 is 20.6 Å². The molecule has 3 N–H and O–H groups in total. The summed E-state index contributed by atoms with van der Waals surface area (Å²) < 4.78 is 0. The van der Waals surface area contributed by atoms with Crippen LogP contribution in [0.1, 0.15) is 46.5 Å². The SMILES string of the molecule is CCCN(CC)CCNC(=O)NC1CCCC1(C)C(=O)O. The predicted octanol–water partition coefficient (Wildman–Crippen LogP) is 1.66. The topological polar surface area (TPSA) is 81.7 Å². The summed E-state index contributed by atoms with van der Waals surface area (Å²) >= 11 is 0. The molecule has 1 rings (SSSR count). The summed E-state index contributed by atoms with van der Waals surface area (Å²) in [4.78, 5) is 25.5. The Morgan fingerprint density at radius 1 is 1.33 bits per heavy atom. The van der Waals surface area contributed by atoms with Crippen molar-refractivity contribution in [2.24, 2.45) is 5.41 Å². The van der Waals surface area contributed by atoms with Crippen LogP contribution in [0, 0.1) is 5.41 Å². The van der Waals surface area contributed by atoms with Crippen molar-refractivity contribution in [2.75, 3.05) is 26.2 Å². The third kappa shape index (κ3) is 4.88. The van der Waals surface area contributed by atoms with E-state index in [4.69, 9.17) is 0 Å². The second kappa shape index (κ2) is 8.22. The molecule has 0 saturated heterocycles. The Balaban J connectivity index is 2.35. The van der Waals surface area contributed by atoms with Gasteiger partial charge in [-0.2, -0.15) is 0 Å². The molecule has 0 aromatic rings. The summed E-state index contributed by atoms with van der Waals surface area (Å²) in [5.74, 6) is -0.828. The second-order valence-corrected chi connectivity index (χ2v) is 6.00. The molecule has 0 aliphatic heterocycles. The summed E-state index contributed by atoms with van der Waals surface area (Å²) in [6, 6.07) is -0.546. The largest absolute Gasteiger partial charge is 0.481 e. The van der Waals surface area contributed by atoms with Crippen LogP contribution < -0.4 is 10.6 Å². The smallest absolute Gasteiger partial charge is 0.315 e. The van der Waals surface area contributed by atoms with Crippen molar-refractivity contribution in [3.63, 3.8) is 0 Å². The molecule has 6 nitrogen and oxygen atoms in total. The van der Waals surface area contributed by atoms with Gasteiger partial charge in [-0.15, -0.1) is 0 Å². The zero-order valence-electron chi connectivity index (χ0n) is 13.4. The Hall–Kier alpha value is -1.30. The molecule has 1 saturated carbocycles. The Labute approximate surface area is 127 Å². The average molecular weight is 299 g/mol. The highest BCUT2D eigenvalue weighted by atomic mass is 16.4. The van der Waals surface area contributed by atoms with Crippen LogP contribution in [0.2, 0.25) is 0 Å². The maximum Gasteiger partial charge on any atom is 0.315 e. The maximum atomic E-state index is 11.9. The minimum atomic E-state index is -0.838. The first-order chi connectivity index (χ1) is 9.93. The predicted molar refractivity (Wildman–Crippen MR) is 82.3 cm³/mol. The van der Waals surface area contributed by atoms with Crippen molar-refractivity contribution < 1.29 is 14.7 Å². The molecule has 21 heavy (non-hydrogen) atoms. The van der Waals surface area contributed by atoms with Crippen molar-refractivity contribution in [2.45, 2.75) is 52.5 Å². The van der Waals surface area contributed by atoms with Gasteiger partial charge in [-0.1, -0.05) is 20.3 Å². The highest BCUT2D eigenvalue weighted by Crippen LogP contribution is 2.38. The van der Waals surface area contributed by atoms with Crippen LogP contribution in [0.15, 0.2) is 0 Å². The third-order valence-electron chi connectivity index (χ3n) is 4.45. The van der Waals surface area contributed by atoms with Crippen LogP contribution in [0.3, 0.4) is 0 Å². The van der Waals surface area contributed by atoms with Crippen molar-refractivity contribution in [1.29, 1.82) is 0 Å². The lowest BCUT2D eigenvalue weighted by molar-refractivity contribution is -0.148. The number of hydrogen-bond donors (Lipinski definition) is 3. The standard InChI is InChI=1S/C15H29N3O3/c1-4-10-18(5-2)11-9-16-14(21)17-12-7-6-8-15(12,3)13(19)20/h12H,4-11H2,1-3H3,(H,19,20)(H2,16,17,21). The van der Waals surface area contributed by atoms with E-state index >= 15 is 0 Å². The van der Waals surface area contributed by atoms with Gasteiger partial charge in [0, 0.05) is 19.1 Å². The second-order valence-electron chi connectivity index (χ2n) is 6.00. The monoisotopic (exact) mass is 299 g/mol. The number of amides is 2. The molecule has 0 spiro atoms. The van der Waals surface area contributed by atoms with Crippen LogP contribution in [-0.4, -0.2) is 54.2 Å². The van der Waals surface area contributed by atoms with Crippen LogP contribution in [0.4, 0.5) is 4.79 Å². The average Bonchev–Trinajstić information content (AvgIpc) is 2.80. The summed E-state index contributed by atoms with van der Waals surface area (Å²) in [5, 5.41) is 15.0. The van der Waals surface area contributed by atoms with E-state index in [2.05, 4.69) is 29.4 Å². The zero-order chi connectivity index (χ0) is 15.9. The molecule has 122 valence electrons. The number of carbonyl (C=O) groups is 2. The van der Waals surface area contributed by atoms with Crippen LogP contribution in [0.25, 0.3) is 0 Å². The molecule has 0 aromatic heterocycles. The molecule has 0 radical (unpaired) electrons. The van der Waals surface area contributed by atoms with Gasteiger partial charge >= 0.3 is 12.0 Å². The molecule has 6 heteroatoms. The van der Waals surface area contributed by atoms with Crippen molar-refractivity contribution in [3.8, 4) is 0 Å². The molecule has 1 aliphatic carbocycles. The highest BCUT2D eigenvalue weighted by molar-refractivity contribution is 5.79. The summed E-state index contributed by atoms with van der Waals surface area (Å²) in [7, 11) is 0. The molecule has 1 fully saturated rings. The van der Waals surface area contributed by atoms with E-state index in [-0.39, 0.29) is 12.1 Å². The molecule has 2 amide bonds. The molecular weight excluding hydrogens is 270 g/mol. The minimum Gasteiger partial charge on any atom is -0.481 e. The first-order valence-corrected chi connectivity index (χ1v) is 7.94. The van der Waals surface area contributed by atoms with Crippen molar-refractivity contribution in [1.82, 2.24) is 15.5 Å². The molecule has 1 aliphatic rings. The van der Waals surface area contributed by atoms with Gasteiger partial charge in [0.15, 0.2) is 0 Å². The van der Waals surface area contributed by atoms with E-state index in [0.717, 1.165) is 38.9 Å². The van der Waals surface area contributed by atoms with Gasteiger partial charge in [0.2, 0.25) is 0 Å². The van der Waals surface area contributed by atoms with E-state index in [0.29, 0.717) is 13.0 Å². The molecule has 0 aromatic carbocycles. The number of carbonyl (C=O) groups excluding carboxylic acids is 1. The number of hydrogen-bond acceptors (Lipinski definition) is 3. The highest BCUT2D eigenvalue weighted by Gasteiger charge is 2.45. The van der Waals surface area contributed by atoms with E-state index in [1.54, 1.807) is 6.92 Å². The third-order valence-corrected chi connectivity index (χ3v) is 4.45. The molecule has 0 heterocycles. The van der Waals surface area contributed by atoms with E-state index < -0.39 is 11.4 Å². The lowest BCUT2D eigenvalue weighted by Crippen LogP contribution is -2.51. The van der Waals surface area contributed by atoms with E-state index in [1.165, 1.54) is 0 Å². The van der Waals surface area contributed by atoms with Gasteiger partial charge in [-0.05, 0) is 39.3 Å². The van der Waals surface area contributed by atoms with Gasteiger partial charge in [0.05, 0.1) is 5.41 Å². The van der Waals surface area contributed by atoms with E-state index in [1.807, 2.05) is 0 Å². The Morgan fingerprint density at radius 2 is 2.05 bits per heavy atom. The minimum absolute atomic E-state index is 0.262. The van der Waals surface area contributed by atoms with Crippen LogP contribution in [0.5, 0.6) is 0 Å². The number of rotatable bonds is 8. The number of carboxylic acids is 1. The normalized spacial score (nSPS) is 25.0. The molecule has 0 bridgehead atoms. The molecule has 2 unspecified atom stereocenters. The number of nitrogens with zero attached hydrogens (tertiary/aromatic N) is 1. The lowest BCUT2D eigenvalue weighted by Gasteiger charge is -2.28. The fourth-order valence-electron chi connectivity index (χ4n) is 2.93. The number of urea groups is 1. The van der Waals surface area contributed by atoms with Crippen LogP contribution >= 0.6 is 0 Å². The summed E-state index contributed by atoms with van der Waals surface area (Å²) in [5.41, 5.74) is -0.838. The van der Waals surface area contributed by atoms with Crippen molar-refractivity contribution >= 4 is 12.0 Å². The quantitative estimate of drug-likeness (QED) is 0.636. The molecular formula is C15H29N3O3. The van der Waals surface area contributed by atoms with Crippen molar-refractivity contribution in [3.05, 3.63) is 0 Å². The maximum absolute atomic E-state index is 11.9. The summed E-state index contributed by atoms with van der Waals surface area (Å²) in [6.07, 6.45) is 3.29. The number of nitrogens with one attached hydrogen (secondary N) is 2. The molecule has 2 atom stereocenters. The van der Waals surface area contributed by atoms with Gasteiger partial charge in [-0.25, -0.2) is 4.79 Å². The van der Waals surface area contributed by atoms with Crippen LogP contribution in [-0.2, 0) is 4.79 Å². The lowest BCUT2D eigenvalue weighted by atomic mass is 9.85. The number of likely N-dealkylation sites (N-methyl/N-ethyl adjacent to an activating group) is 1. The first kappa shape index (κ1) is 17.8. The fourth-order valence-corrected chi connectivity index (χ4v) is 2.93. The number of carboxylic acid groups (broad SMARTS) is 1. The van der Waals surface area contributed by atoms with Gasteiger partial charge in [0.25, 0.3) is 0 Å². The number of aliphatic carboxylic acids is 1. The van der Waals surface area contributed by atoms with Gasteiger partial charge in [-0.3, -0.25) is 4.79 Å². The van der Waals surface area contributed by atoms with E-state index in [9.17, 15) is 14.7 Å². The van der Waals surface area contributed by atoms with Gasteiger partial charge in [0.1, 0.15) is 0 Å². The Kier molecular flexibility index (Phi) is 6.95.